The standard InChI is InChI=1S/C23H23NO5/c25-11-17-21(26)22(27)20(23(28)29-17)24-10-15-7-6-14-5-4-12-2-1-3-13-8-9-16(15)19(14)18(12)13/h1-9,17,20-28H,10-11H2/t17-,20-,21-,22-,23?/m1/s1. The summed E-state index contributed by atoms with van der Waals surface area (Å²) in [5, 5.41) is 50.1. The maximum Gasteiger partial charge on any atom is 0.173 e. The van der Waals surface area contributed by atoms with E-state index in [1.54, 1.807) is 0 Å². The van der Waals surface area contributed by atoms with Crippen LogP contribution >= 0.6 is 0 Å². The third kappa shape index (κ3) is 2.97. The van der Waals surface area contributed by atoms with Crippen LogP contribution < -0.4 is 5.32 Å². The highest BCUT2D eigenvalue weighted by Crippen LogP contribution is 2.36. The second-order valence-corrected chi connectivity index (χ2v) is 7.72. The fourth-order valence-corrected chi connectivity index (χ4v) is 4.50. The van der Waals surface area contributed by atoms with Crippen molar-refractivity contribution < 1.29 is 25.2 Å². The summed E-state index contributed by atoms with van der Waals surface area (Å²) < 4.78 is 5.23. The summed E-state index contributed by atoms with van der Waals surface area (Å²) in [7, 11) is 0. The average molecular weight is 393 g/mol. The van der Waals surface area contributed by atoms with Gasteiger partial charge in [-0.15, -0.1) is 0 Å². The van der Waals surface area contributed by atoms with Crippen molar-refractivity contribution in [2.24, 2.45) is 0 Å². The molecule has 1 heterocycles. The van der Waals surface area contributed by atoms with Crippen molar-refractivity contribution in [3.05, 3.63) is 60.2 Å². The molecule has 0 bridgehead atoms. The molecule has 0 aromatic heterocycles. The van der Waals surface area contributed by atoms with E-state index in [1.165, 1.54) is 21.5 Å². The largest absolute Gasteiger partial charge is 0.394 e. The maximum atomic E-state index is 10.4. The maximum absolute atomic E-state index is 10.4. The van der Waals surface area contributed by atoms with Gasteiger partial charge in [-0.05, 0) is 37.9 Å². The van der Waals surface area contributed by atoms with E-state index in [0.717, 1.165) is 16.3 Å². The first-order valence-electron chi connectivity index (χ1n) is 9.78. The van der Waals surface area contributed by atoms with Crippen molar-refractivity contribution in [3.8, 4) is 0 Å². The average Bonchev–Trinajstić information content (AvgIpc) is 2.75. The first-order chi connectivity index (χ1) is 14.1. The van der Waals surface area contributed by atoms with Gasteiger partial charge >= 0.3 is 0 Å². The molecule has 1 unspecified atom stereocenters. The number of aliphatic hydroxyl groups is 4. The molecular formula is C23H23NO5. The number of rotatable bonds is 4. The molecule has 1 aliphatic rings. The van der Waals surface area contributed by atoms with Crippen molar-refractivity contribution in [1.82, 2.24) is 5.32 Å². The van der Waals surface area contributed by atoms with Gasteiger partial charge in [-0.1, -0.05) is 54.6 Å². The van der Waals surface area contributed by atoms with Crippen LogP contribution in [0.15, 0.2) is 54.6 Å². The lowest BCUT2D eigenvalue weighted by atomic mass is 9.91. The van der Waals surface area contributed by atoms with Crippen LogP contribution in [-0.2, 0) is 11.3 Å². The first kappa shape index (κ1) is 18.7. The molecule has 5 rings (SSSR count). The van der Waals surface area contributed by atoms with Crippen LogP contribution in [0, 0.1) is 0 Å². The summed E-state index contributed by atoms with van der Waals surface area (Å²) in [5.41, 5.74) is 1.02. The Kier molecular flexibility index (Phi) is 4.63. The molecule has 0 aliphatic carbocycles. The molecule has 0 amide bonds. The van der Waals surface area contributed by atoms with Crippen molar-refractivity contribution >= 4 is 32.3 Å². The van der Waals surface area contributed by atoms with Gasteiger partial charge in [0.25, 0.3) is 0 Å². The summed E-state index contributed by atoms with van der Waals surface area (Å²) in [6, 6.07) is 18.0. The molecule has 0 saturated carbocycles. The summed E-state index contributed by atoms with van der Waals surface area (Å²) in [6.45, 7) is -0.0934. The van der Waals surface area contributed by atoms with Crippen LogP contribution in [0.2, 0.25) is 0 Å². The molecule has 1 saturated heterocycles. The molecule has 1 fully saturated rings. The number of benzene rings is 4. The Morgan fingerprint density at radius 1 is 0.793 bits per heavy atom. The number of aliphatic hydroxyl groups excluding tert-OH is 4. The fraction of sp³-hybridized carbons (Fsp3) is 0.304. The van der Waals surface area contributed by atoms with Crippen molar-refractivity contribution in [2.45, 2.75) is 37.2 Å². The number of nitrogens with one attached hydrogen (secondary N) is 1. The highest BCUT2D eigenvalue weighted by molar-refractivity contribution is 6.23. The number of hydrogen-bond donors (Lipinski definition) is 5. The molecule has 4 aromatic rings. The van der Waals surface area contributed by atoms with E-state index in [9.17, 15) is 20.4 Å². The molecule has 4 aromatic carbocycles. The van der Waals surface area contributed by atoms with E-state index in [1.807, 2.05) is 6.07 Å². The summed E-state index contributed by atoms with van der Waals surface area (Å²) in [4.78, 5) is 0. The lowest BCUT2D eigenvalue weighted by molar-refractivity contribution is -0.254. The Morgan fingerprint density at radius 2 is 1.45 bits per heavy atom. The van der Waals surface area contributed by atoms with E-state index < -0.39 is 37.3 Å². The van der Waals surface area contributed by atoms with Crippen LogP contribution in [0.4, 0.5) is 0 Å². The van der Waals surface area contributed by atoms with Gasteiger partial charge in [0.15, 0.2) is 6.29 Å². The Bertz CT molecular complexity index is 1150. The lowest BCUT2D eigenvalue weighted by Gasteiger charge is -2.40. The van der Waals surface area contributed by atoms with E-state index >= 15 is 0 Å². The molecule has 150 valence electrons. The molecule has 0 radical (unpaired) electrons. The van der Waals surface area contributed by atoms with Gasteiger partial charge < -0.3 is 30.5 Å². The zero-order valence-corrected chi connectivity index (χ0v) is 15.7. The lowest BCUT2D eigenvalue weighted by Crippen LogP contribution is -2.63. The van der Waals surface area contributed by atoms with Crippen LogP contribution in [-0.4, -0.2) is 57.7 Å². The van der Waals surface area contributed by atoms with Crippen molar-refractivity contribution in [2.75, 3.05) is 6.61 Å². The second-order valence-electron chi connectivity index (χ2n) is 7.72. The molecule has 5 N–H and O–H groups in total. The number of hydrogen-bond acceptors (Lipinski definition) is 6. The minimum absolute atomic E-state index is 0.382. The molecular weight excluding hydrogens is 370 g/mol. The van der Waals surface area contributed by atoms with Crippen molar-refractivity contribution in [1.29, 1.82) is 0 Å². The third-order valence-electron chi connectivity index (χ3n) is 6.05. The van der Waals surface area contributed by atoms with Gasteiger partial charge in [-0.3, -0.25) is 0 Å². The molecule has 0 spiro atoms. The van der Waals surface area contributed by atoms with E-state index in [0.29, 0.717) is 6.54 Å². The van der Waals surface area contributed by atoms with Crippen LogP contribution in [0.3, 0.4) is 0 Å². The topological polar surface area (TPSA) is 102 Å². The fourth-order valence-electron chi connectivity index (χ4n) is 4.50. The minimum atomic E-state index is -1.33. The second kappa shape index (κ2) is 7.18. The molecule has 6 nitrogen and oxygen atoms in total. The quantitative estimate of drug-likeness (QED) is 0.337. The minimum Gasteiger partial charge on any atom is -0.394 e. The Labute approximate surface area is 167 Å². The van der Waals surface area contributed by atoms with Gasteiger partial charge in [0, 0.05) is 6.54 Å². The monoisotopic (exact) mass is 393 g/mol. The van der Waals surface area contributed by atoms with Crippen molar-refractivity contribution in [3.63, 3.8) is 0 Å². The van der Waals surface area contributed by atoms with E-state index in [-0.39, 0.29) is 0 Å². The highest BCUT2D eigenvalue weighted by atomic mass is 16.6. The molecule has 6 heteroatoms. The third-order valence-corrected chi connectivity index (χ3v) is 6.05. The smallest absolute Gasteiger partial charge is 0.173 e. The van der Waals surface area contributed by atoms with Gasteiger partial charge in [0.2, 0.25) is 0 Å². The van der Waals surface area contributed by atoms with E-state index in [2.05, 4.69) is 53.8 Å². The Morgan fingerprint density at radius 3 is 2.17 bits per heavy atom. The molecule has 1 aliphatic heterocycles. The number of ether oxygens (including phenoxy) is 1. The predicted octanol–water partition coefficient (Wildman–Crippen LogP) is 1.47. The normalized spacial score (nSPS) is 27.9. The van der Waals surface area contributed by atoms with Gasteiger partial charge in [0.1, 0.15) is 18.3 Å². The summed E-state index contributed by atoms with van der Waals surface area (Å²) in [5.74, 6) is 0. The van der Waals surface area contributed by atoms with E-state index in [4.69, 9.17) is 4.74 Å². The highest BCUT2D eigenvalue weighted by Gasteiger charge is 2.43. The van der Waals surface area contributed by atoms with Crippen LogP contribution in [0.25, 0.3) is 32.3 Å². The van der Waals surface area contributed by atoms with Crippen LogP contribution in [0.1, 0.15) is 5.56 Å². The molecule has 29 heavy (non-hydrogen) atoms. The van der Waals surface area contributed by atoms with Gasteiger partial charge in [0.05, 0.1) is 12.6 Å². The Hall–Kier alpha value is -2.32. The summed E-state index contributed by atoms with van der Waals surface area (Å²) in [6.07, 6.45) is -4.86. The molecule has 5 atom stereocenters. The summed E-state index contributed by atoms with van der Waals surface area (Å²) >= 11 is 0. The first-order valence-corrected chi connectivity index (χ1v) is 9.78. The van der Waals surface area contributed by atoms with Crippen LogP contribution in [0.5, 0.6) is 0 Å². The predicted molar refractivity (Wildman–Crippen MR) is 111 cm³/mol. The SMILES string of the molecule is OC[C@H]1OC(O)[C@H](NCc2ccc3ccc4cccc5ccc2c3c45)[C@@H](O)[C@@H]1O. The Balaban J connectivity index is 1.50. The zero-order valence-electron chi connectivity index (χ0n) is 15.7. The zero-order chi connectivity index (χ0) is 20.1. The van der Waals surface area contributed by atoms with Gasteiger partial charge in [-0.25, -0.2) is 0 Å². The van der Waals surface area contributed by atoms with Gasteiger partial charge in [-0.2, -0.15) is 0 Å².